The first kappa shape index (κ1) is 27.4. The van der Waals surface area contributed by atoms with Crippen molar-refractivity contribution in [3.05, 3.63) is 59.1 Å². The standard InChI is InChI=1S/C26H32ClN3O6S/c1-26(2,36-22-7-5-20(27)6-8-22)25(32)28-21-11-13-30(14-12-21)37(33,34)23-9-3-19(4-10-23)24(31)29-15-17-35-18-16-29/h3-10,21H,11-18H2,1-2H3,(H,28,32). The van der Waals surface area contributed by atoms with Crippen LogP contribution < -0.4 is 10.1 Å². The summed E-state index contributed by atoms with van der Waals surface area (Å²) >= 11 is 5.91. The third-order valence-electron chi connectivity index (χ3n) is 6.56. The largest absolute Gasteiger partial charge is 0.478 e. The number of amides is 2. The van der Waals surface area contributed by atoms with E-state index >= 15 is 0 Å². The van der Waals surface area contributed by atoms with Gasteiger partial charge in [0.25, 0.3) is 11.8 Å². The van der Waals surface area contributed by atoms with E-state index in [1.165, 1.54) is 16.4 Å². The third kappa shape index (κ3) is 6.62. The zero-order valence-electron chi connectivity index (χ0n) is 21.0. The summed E-state index contributed by atoms with van der Waals surface area (Å²) in [6, 6.07) is 12.7. The lowest BCUT2D eigenvalue weighted by Crippen LogP contribution is -2.53. The van der Waals surface area contributed by atoms with Crippen molar-refractivity contribution in [3.63, 3.8) is 0 Å². The minimum Gasteiger partial charge on any atom is -0.478 e. The summed E-state index contributed by atoms with van der Waals surface area (Å²) < 4.78 is 38.9. The topological polar surface area (TPSA) is 105 Å². The van der Waals surface area contributed by atoms with Crippen LogP contribution in [0.4, 0.5) is 0 Å². The number of sulfonamides is 1. The normalized spacial score (nSPS) is 17.9. The number of nitrogens with zero attached hydrogens (tertiary/aromatic N) is 2. The van der Waals surface area contributed by atoms with Crippen LogP contribution in [0.25, 0.3) is 0 Å². The van der Waals surface area contributed by atoms with Gasteiger partial charge in [0.1, 0.15) is 5.75 Å². The number of halogens is 1. The van der Waals surface area contributed by atoms with Gasteiger partial charge in [0.2, 0.25) is 10.0 Å². The quantitative estimate of drug-likeness (QED) is 0.569. The number of nitrogens with one attached hydrogen (secondary N) is 1. The van der Waals surface area contributed by atoms with Crippen molar-refractivity contribution < 1.29 is 27.5 Å². The number of hydrogen-bond acceptors (Lipinski definition) is 6. The molecule has 2 aliphatic rings. The minimum absolute atomic E-state index is 0.133. The van der Waals surface area contributed by atoms with Crippen LogP contribution in [0.3, 0.4) is 0 Å². The van der Waals surface area contributed by atoms with E-state index in [4.69, 9.17) is 21.1 Å². The molecule has 2 amide bonds. The lowest BCUT2D eigenvalue weighted by molar-refractivity contribution is -0.135. The summed E-state index contributed by atoms with van der Waals surface area (Å²) in [6.07, 6.45) is 0.963. The summed E-state index contributed by atoms with van der Waals surface area (Å²) in [5, 5.41) is 3.57. The fourth-order valence-corrected chi connectivity index (χ4v) is 5.91. The molecule has 9 nitrogen and oxygen atoms in total. The molecule has 2 saturated heterocycles. The van der Waals surface area contributed by atoms with Crippen LogP contribution in [0, 0.1) is 0 Å². The average Bonchev–Trinajstić information content (AvgIpc) is 2.90. The summed E-state index contributed by atoms with van der Waals surface area (Å²) in [5.74, 6) is 0.124. The maximum atomic E-state index is 13.2. The Kier molecular flexibility index (Phi) is 8.42. The van der Waals surface area contributed by atoms with E-state index < -0.39 is 15.6 Å². The van der Waals surface area contributed by atoms with Gasteiger partial charge < -0.3 is 19.7 Å². The first-order chi connectivity index (χ1) is 17.6. The van der Waals surface area contributed by atoms with Gasteiger partial charge in [0.15, 0.2) is 5.60 Å². The van der Waals surface area contributed by atoms with Crippen molar-refractivity contribution in [1.82, 2.24) is 14.5 Å². The number of carbonyl (C=O) groups excluding carboxylic acids is 2. The van der Waals surface area contributed by atoms with Gasteiger partial charge in [-0.25, -0.2) is 8.42 Å². The van der Waals surface area contributed by atoms with Gasteiger partial charge >= 0.3 is 0 Å². The summed E-state index contributed by atoms with van der Waals surface area (Å²) in [7, 11) is -3.71. The smallest absolute Gasteiger partial charge is 0.263 e. The predicted octanol–water partition coefficient (Wildman–Crippen LogP) is 2.94. The SMILES string of the molecule is CC(C)(Oc1ccc(Cl)cc1)C(=O)NC1CCN(S(=O)(=O)c2ccc(C(=O)N3CCOCC3)cc2)CC1. The molecule has 0 aliphatic carbocycles. The predicted molar refractivity (Wildman–Crippen MR) is 139 cm³/mol. The van der Waals surface area contributed by atoms with E-state index in [9.17, 15) is 18.0 Å². The summed E-state index contributed by atoms with van der Waals surface area (Å²) in [6.45, 7) is 5.97. The molecule has 11 heteroatoms. The molecule has 37 heavy (non-hydrogen) atoms. The van der Waals surface area contributed by atoms with Gasteiger partial charge in [-0.3, -0.25) is 9.59 Å². The Morgan fingerprint density at radius 3 is 2.16 bits per heavy atom. The van der Waals surface area contributed by atoms with E-state index in [1.807, 2.05) is 0 Å². The van der Waals surface area contributed by atoms with Gasteiger partial charge in [-0.15, -0.1) is 0 Å². The Morgan fingerprint density at radius 2 is 1.57 bits per heavy atom. The second kappa shape index (κ2) is 11.4. The Hall–Kier alpha value is -2.66. The van der Waals surface area contributed by atoms with Crippen molar-refractivity contribution in [2.24, 2.45) is 0 Å². The van der Waals surface area contributed by atoms with Gasteiger partial charge in [0.05, 0.1) is 18.1 Å². The molecule has 2 fully saturated rings. The molecule has 2 aromatic rings. The number of ether oxygens (including phenoxy) is 2. The van der Waals surface area contributed by atoms with Crippen LogP contribution >= 0.6 is 11.6 Å². The fraction of sp³-hybridized carbons (Fsp3) is 0.462. The summed E-state index contributed by atoms with van der Waals surface area (Å²) in [5.41, 5.74) is -0.664. The maximum Gasteiger partial charge on any atom is 0.263 e. The number of morpholine rings is 1. The highest BCUT2D eigenvalue weighted by molar-refractivity contribution is 7.89. The van der Waals surface area contributed by atoms with E-state index in [-0.39, 0.29) is 35.8 Å². The van der Waals surface area contributed by atoms with Crippen molar-refractivity contribution >= 4 is 33.4 Å². The molecule has 0 atom stereocenters. The highest BCUT2D eigenvalue weighted by Crippen LogP contribution is 2.24. The lowest BCUT2D eigenvalue weighted by Gasteiger charge is -2.34. The van der Waals surface area contributed by atoms with Crippen molar-refractivity contribution in [3.8, 4) is 5.75 Å². The monoisotopic (exact) mass is 549 g/mol. The number of piperidine rings is 1. The first-order valence-corrected chi connectivity index (χ1v) is 14.1. The highest BCUT2D eigenvalue weighted by atomic mass is 35.5. The van der Waals surface area contributed by atoms with Crippen LogP contribution in [0.5, 0.6) is 5.75 Å². The number of rotatable bonds is 7. The van der Waals surface area contributed by atoms with E-state index in [0.29, 0.717) is 55.5 Å². The van der Waals surface area contributed by atoms with E-state index in [0.717, 1.165) is 0 Å². The second-order valence-corrected chi connectivity index (χ2v) is 12.0. The molecule has 2 aliphatic heterocycles. The van der Waals surface area contributed by atoms with Crippen molar-refractivity contribution in [2.75, 3.05) is 39.4 Å². The van der Waals surface area contributed by atoms with Crippen molar-refractivity contribution in [1.29, 1.82) is 0 Å². The Morgan fingerprint density at radius 1 is 0.973 bits per heavy atom. The molecule has 2 heterocycles. The molecule has 0 unspecified atom stereocenters. The van der Waals surface area contributed by atoms with Gasteiger partial charge in [-0.2, -0.15) is 4.31 Å². The highest BCUT2D eigenvalue weighted by Gasteiger charge is 2.35. The molecule has 4 rings (SSSR count). The lowest BCUT2D eigenvalue weighted by atomic mass is 10.0. The first-order valence-electron chi connectivity index (χ1n) is 12.3. The molecular formula is C26H32ClN3O6S. The Bertz CT molecular complexity index is 1200. The molecule has 0 spiro atoms. The molecule has 0 aromatic heterocycles. The fourth-order valence-electron chi connectivity index (χ4n) is 4.31. The second-order valence-electron chi connectivity index (χ2n) is 9.65. The molecule has 200 valence electrons. The Balaban J connectivity index is 1.31. The summed E-state index contributed by atoms with van der Waals surface area (Å²) in [4.78, 5) is 27.4. The van der Waals surface area contributed by atoms with Gasteiger partial charge in [0, 0.05) is 42.8 Å². The van der Waals surface area contributed by atoms with E-state index in [2.05, 4.69) is 5.32 Å². The third-order valence-corrected chi connectivity index (χ3v) is 8.72. The van der Waals surface area contributed by atoms with Crippen LogP contribution in [0.2, 0.25) is 5.02 Å². The van der Waals surface area contributed by atoms with Crippen LogP contribution in [-0.4, -0.2) is 80.5 Å². The molecule has 1 N–H and O–H groups in total. The van der Waals surface area contributed by atoms with Crippen LogP contribution in [0.1, 0.15) is 37.0 Å². The molecule has 0 bridgehead atoms. The van der Waals surface area contributed by atoms with Crippen molar-refractivity contribution in [2.45, 2.75) is 43.2 Å². The number of carbonyl (C=O) groups is 2. The molecule has 2 aromatic carbocycles. The number of hydrogen-bond donors (Lipinski definition) is 1. The molecule has 0 radical (unpaired) electrons. The molecular weight excluding hydrogens is 518 g/mol. The zero-order chi connectivity index (χ0) is 26.6. The van der Waals surface area contributed by atoms with Crippen LogP contribution in [-0.2, 0) is 19.6 Å². The van der Waals surface area contributed by atoms with Crippen LogP contribution in [0.15, 0.2) is 53.4 Å². The zero-order valence-corrected chi connectivity index (χ0v) is 22.6. The molecule has 0 saturated carbocycles. The maximum absolute atomic E-state index is 13.2. The minimum atomic E-state index is -3.71. The average molecular weight is 550 g/mol. The van der Waals surface area contributed by atoms with Gasteiger partial charge in [-0.05, 0) is 75.2 Å². The van der Waals surface area contributed by atoms with E-state index in [1.54, 1.807) is 55.1 Å². The van der Waals surface area contributed by atoms with Gasteiger partial charge in [-0.1, -0.05) is 11.6 Å². The Labute approximate surface area is 222 Å². The number of benzene rings is 2.